The molecule has 0 spiro atoms. The molecule has 1 aliphatic rings. The van der Waals surface area contributed by atoms with E-state index in [0.29, 0.717) is 25.3 Å². The van der Waals surface area contributed by atoms with Crippen LogP contribution in [-0.2, 0) is 20.8 Å². The number of hydrogen-bond acceptors (Lipinski definition) is 6. The summed E-state index contributed by atoms with van der Waals surface area (Å²) in [5.41, 5.74) is 8.09. The van der Waals surface area contributed by atoms with Crippen LogP contribution in [0.2, 0.25) is 0 Å². The summed E-state index contributed by atoms with van der Waals surface area (Å²) in [6.07, 6.45) is 0.467. The molecule has 0 bridgehead atoms. The summed E-state index contributed by atoms with van der Waals surface area (Å²) in [6.45, 7) is 4.50. The van der Waals surface area contributed by atoms with E-state index in [1.807, 2.05) is 42.3 Å². The van der Waals surface area contributed by atoms with Crippen molar-refractivity contribution in [2.75, 3.05) is 38.1 Å². The largest absolute Gasteiger partial charge is 0.368 e. The average molecular weight is 444 g/mol. The summed E-state index contributed by atoms with van der Waals surface area (Å²) in [5.74, 6) is -1.23. The maximum absolute atomic E-state index is 13.7. The van der Waals surface area contributed by atoms with Gasteiger partial charge in [0.15, 0.2) is 0 Å². The third kappa shape index (κ3) is 5.89. The van der Waals surface area contributed by atoms with Gasteiger partial charge in [-0.1, -0.05) is 30.3 Å². The second kappa shape index (κ2) is 10.5. The molecule has 0 radical (unpaired) electrons. The number of piperazine rings is 1. The number of hydrogen-bond donors (Lipinski definition) is 1. The number of anilines is 1. The molecule has 3 amide bonds. The van der Waals surface area contributed by atoms with Crippen molar-refractivity contribution in [3.63, 3.8) is 0 Å². The number of primary amides is 1. The van der Waals surface area contributed by atoms with Crippen molar-refractivity contribution in [1.29, 1.82) is 0 Å². The first kappa shape index (κ1) is 22.9. The zero-order valence-corrected chi connectivity index (χ0v) is 18.8. The van der Waals surface area contributed by atoms with Gasteiger partial charge in [0, 0.05) is 38.0 Å². The van der Waals surface area contributed by atoms with Crippen molar-refractivity contribution >= 4 is 34.9 Å². The summed E-state index contributed by atoms with van der Waals surface area (Å²) in [4.78, 5) is 48.2. The number of rotatable bonds is 8. The van der Waals surface area contributed by atoms with Crippen molar-refractivity contribution < 1.29 is 14.4 Å². The molecule has 0 saturated carbocycles. The minimum Gasteiger partial charge on any atom is -0.368 e. The molecule has 1 unspecified atom stereocenters. The number of nitrogens with zero attached hydrogens (tertiary/aromatic N) is 4. The molecule has 0 aliphatic carbocycles. The van der Waals surface area contributed by atoms with E-state index in [0.717, 1.165) is 18.7 Å². The molecule has 2 heterocycles. The van der Waals surface area contributed by atoms with Gasteiger partial charge in [-0.25, -0.2) is 4.98 Å². The third-order valence-corrected chi connectivity index (χ3v) is 6.23. The second-order valence-electron chi connectivity index (χ2n) is 7.91. The maximum atomic E-state index is 13.7. The molecule has 9 heteroatoms. The fraction of sp³-hybridized carbons (Fsp3) is 0.455. The number of carbonyl (C=O) groups is 3. The van der Waals surface area contributed by atoms with E-state index in [1.54, 1.807) is 17.8 Å². The Morgan fingerprint density at radius 2 is 1.84 bits per heavy atom. The summed E-state index contributed by atoms with van der Waals surface area (Å²) in [6, 6.07) is 8.72. The molecule has 2 N–H and O–H groups in total. The standard InChI is InChI=1S/C22H29N5O3S/c1-16(21(23)29)27(19-14-31-15-24-19)22(30)18(12-17-6-4-3-5-7-17)13-20(28)26-10-8-25(2)9-11-26/h3-7,14-16,18H,8-13H2,1-2H3,(H2,23,29)/t16-,18?/m1/s1. The van der Waals surface area contributed by atoms with Gasteiger partial charge in [0.2, 0.25) is 17.7 Å². The smallest absolute Gasteiger partial charge is 0.240 e. The van der Waals surface area contributed by atoms with Gasteiger partial charge in [0.25, 0.3) is 0 Å². The lowest BCUT2D eigenvalue weighted by Gasteiger charge is -2.34. The van der Waals surface area contributed by atoms with Crippen LogP contribution in [0, 0.1) is 5.92 Å². The topological polar surface area (TPSA) is 99.8 Å². The second-order valence-corrected chi connectivity index (χ2v) is 8.63. The average Bonchev–Trinajstić information content (AvgIpc) is 3.28. The predicted molar refractivity (Wildman–Crippen MR) is 121 cm³/mol. The molecule has 1 fully saturated rings. The van der Waals surface area contributed by atoms with Crippen LogP contribution >= 0.6 is 11.3 Å². The van der Waals surface area contributed by atoms with Crippen LogP contribution in [0.3, 0.4) is 0 Å². The highest BCUT2D eigenvalue weighted by Crippen LogP contribution is 2.24. The third-order valence-electron chi connectivity index (χ3n) is 5.65. The molecule has 1 aromatic carbocycles. The van der Waals surface area contributed by atoms with E-state index >= 15 is 0 Å². The lowest BCUT2D eigenvalue weighted by atomic mass is 9.93. The molecular formula is C22H29N5O3S. The zero-order chi connectivity index (χ0) is 22.4. The number of nitrogens with two attached hydrogens (primary N) is 1. The summed E-state index contributed by atoms with van der Waals surface area (Å²) in [7, 11) is 2.03. The molecule has 2 aromatic rings. The van der Waals surface area contributed by atoms with E-state index in [4.69, 9.17) is 5.73 Å². The van der Waals surface area contributed by atoms with Gasteiger partial charge >= 0.3 is 0 Å². The Hall–Kier alpha value is -2.78. The van der Waals surface area contributed by atoms with Crippen molar-refractivity contribution in [3.8, 4) is 0 Å². The van der Waals surface area contributed by atoms with Gasteiger partial charge in [-0.05, 0) is 26.0 Å². The number of likely N-dealkylation sites (N-methyl/N-ethyl adjacent to an activating group) is 1. The highest BCUT2D eigenvalue weighted by molar-refractivity contribution is 7.07. The summed E-state index contributed by atoms with van der Waals surface area (Å²) >= 11 is 1.33. The van der Waals surface area contributed by atoms with E-state index in [-0.39, 0.29) is 18.2 Å². The molecule has 1 saturated heterocycles. The zero-order valence-electron chi connectivity index (χ0n) is 17.9. The number of thiazole rings is 1. The van der Waals surface area contributed by atoms with E-state index in [2.05, 4.69) is 9.88 Å². The molecule has 3 rings (SSSR count). The van der Waals surface area contributed by atoms with Gasteiger partial charge in [-0.2, -0.15) is 0 Å². The predicted octanol–water partition coefficient (Wildman–Crippen LogP) is 1.37. The fourth-order valence-electron chi connectivity index (χ4n) is 3.69. The number of benzene rings is 1. The van der Waals surface area contributed by atoms with Crippen LogP contribution in [0.4, 0.5) is 5.82 Å². The Morgan fingerprint density at radius 3 is 2.42 bits per heavy atom. The van der Waals surface area contributed by atoms with Crippen LogP contribution in [0.5, 0.6) is 0 Å². The normalized spacial score (nSPS) is 16.5. The molecule has 2 atom stereocenters. The van der Waals surface area contributed by atoms with Gasteiger partial charge in [0.1, 0.15) is 11.9 Å². The molecular weight excluding hydrogens is 414 g/mol. The van der Waals surface area contributed by atoms with Crippen LogP contribution in [-0.4, -0.2) is 71.8 Å². The Labute approximate surface area is 186 Å². The first-order valence-corrected chi connectivity index (χ1v) is 11.3. The van der Waals surface area contributed by atoms with Crippen molar-refractivity contribution in [2.45, 2.75) is 25.8 Å². The Kier molecular flexibility index (Phi) is 7.75. The SMILES string of the molecule is C[C@H](C(N)=O)N(C(=O)C(CC(=O)N1CCN(C)CC1)Cc1ccccc1)c1cscn1. The number of amides is 3. The van der Waals surface area contributed by atoms with E-state index in [9.17, 15) is 14.4 Å². The Balaban J connectivity index is 1.85. The van der Waals surface area contributed by atoms with Crippen molar-refractivity contribution in [1.82, 2.24) is 14.8 Å². The number of carbonyl (C=O) groups excluding carboxylic acids is 3. The fourth-order valence-corrected chi connectivity index (χ4v) is 4.22. The van der Waals surface area contributed by atoms with Gasteiger partial charge in [-0.3, -0.25) is 19.3 Å². The number of aromatic nitrogens is 1. The molecule has 31 heavy (non-hydrogen) atoms. The van der Waals surface area contributed by atoms with Gasteiger partial charge in [0.05, 0.1) is 11.4 Å². The van der Waals surface area contributed by atoms with Crippen LogP contribution in [0.1, 0.15) is 18.9 Å². The highest BCUT2D eigenvalue weighted by atomic mass is 32.1. The Bertz CT molecular complexity index is 882. The lowest BCUT2D eigenvalue weighted by Crippen LogP contribution is -2.51. The van der Waals surface area contributed by atoms with E-state index < -0.39 is 17.9 Å². The summed E-state index contributed by atoms with van der Waals surface area (Å²) in [5, 5.41) is 1.71. The molecule has 1 aromatic heterocycles. The first-order valence-electron chi connectivity index (χ1n) is 10.4. The van der Waals surface area contributed by atoms with E-state index in [1.165, 1.54) is 16.2 Å². The van der Waals surface area contributed by atoms with Gasteiger partial charge in [-0.15, -0.1) is 11.3 Å². The van der Waals surface area contributed by atoms with Crippen LogP contribution in [0.15, 0.2) is 41.2 Å². The highest BCUT2D eigenvalue weighted by Gasteiger charge is 2.35. The molecule has 1 aliphatic heterocycles. The van der Waals surface area contributed by atoms with Gasteiger partial charge < -0.3 is 15.5 Å². The summed E-state index contributed by atoms with van der Waals surface area (Å²) < 4.78 is 0. The monoisotopic (exact) mass is 443 g/mol. The van der Waals surface area contributed by atoms with Crippen molar-refractivity contribution in [3.05, 3.63) is 46.8 Å². The van der Waals surface area contributed by atoms with Crippen LogP contribution in [0.25, 0.3) is 0 Å². The Morgan fingerprint density at radius 1 is 1.16 bits per heavy atom. The molecule has 8 nitrogen and oxygen atoms in total. The first-order chi connectivity index (χ1) is 14.9. The quantitative estimate of drug-likeness (QED) is 0.664. The molecule has 166 valence electrons. The maximum Gasteiger partial charge on any atom is 0.240 e. The minimum atomic E-state index is -0.869. The van der Waals surface area contributed by atoms with Crippen molar-refractivity contribution in [2.24, 2.45) is 11.7 Å². The van der Waals surface area contributed by atoms with Crippen LogP contribution < -0.4 is 10.6 Å². The minimum absolute atomic E-state index is 0.0488. The lowest BCUT2D eigenvalue weighted by molar-refractivity contribution is -0.137.